The zero-order valence-electron chi connectivity index (χ0n) is 13.3. The maximum atomic E-state index is 13.3. The third-order valence-corrected chi connectivity index (χ3v) is 3.08. The molecular formula is C15H11F9N2O. The third-order valence-electron chi connectivity index (χ3n) is 3.08. The highest BCUT2D eigenvalue weighted by molar-refractivity contribution is 5.97. The number of hydrogen-bond donors (Lipinski definition) is 1. The molecule has 0 aromatic heterocycles. The lowest BCUT2D eigenvalue weighted by Gasteiger charge is -2.32. The van der Waals surface area contributed by atoms with Gasteiger partial charge in [0.1, 0.15) is 0 Å². The van der Waals surface area contributed by atoms with Crippen LogP contribution in [0.15, 0.2) is 41.5 Å². The minimum Gasteiger partial charge on any atom is -0.266 e. The van der Waals surface area contributed by atoms with Crippen LogP contribution >= 0.6 is 0 Å². The highest BCUT2D eigenvalue weighted by Gasteiger charge is 2.83. The number of benzene rings is 1. The Morgan fingerprint density at radius 1 is 0.926 bits per heavy atom. The summed E-state index contributed by atoms with van der Waals surface area (Å²) >= 11 is 0. The number of nitrogens with one attached hydrogen (secondary N) is 1. The molecule has 0 radical (unpaired) electrons. The van der Waals surface area contributed by atoms with Gasteiger partial charge >= 0.3 is 29.9 Å². The van der Waals surface area contributed by atoms with E-state index >= 15 is 0 Å². The van der Waals surface area contributed by atoms with Crippen LogP contribution < -0.4 is 5.43 Å². The third kappa shape index (κ3) is 4.61. The Balaban J connectivity index is 2.95. The van der Waals surface area contributed by atoms with Crippen LogP contribution in [0.5, 0.6) is 0 Å². The number of amides is 1. The van der Waals surface area contributed by atoms with Gasteiger partial charge in [-0.05, 0) is 18.6 Å². The average molecular weight is 406 g/mol. The summed E-state index contributed by atoms with van der Waals surface area (Å²) in [6.07, 6.45) is -4.47. The van der Waals surface area contributed by atoms with Crippen LogP contribution in [0.4, 0.5) is 39.5 Å². The lowest BCUT2D eigenvalue weighted by molar-refractivity contribution is -0.388. The molecule has 150 valence electrons. The normalized spacial score (nSPS) is 14.5. The van der Waals surface area contributed by atoms with Crippen LogP contribution in [-0.4, -0.2) is 35.6 Å². The molecule has 0 atom stereocenters. The number of alkyl halides is 9. The predicted octanol–water partition coefficient (Wildman–Crippen LogP) is 4.66. The zero-order chi connectivity index (χ0) is 21.1. The summed E-state index contributed by atoms with van der Waals surface area (Å²) < 4.78 is 114. The first kappa shape index (κ1) is 22.5. The van der Waals surface area contributed by atoms with Crippen molar-refractivity contribution in [2.45, 2.75) is 30.9 Å². The van der Waals surface area contributed by atoms with Crippen molar-refractivity contribution < 1.29 is 44.3 Å². The van der Waals surface area contributed by atoms with Gasteiger partial charge in [0.05, 0.1) is 5.71 Å². The number of allylic oxidation sites excluding steroid dienone is 1. The van der Waals surface area contributed by atoms with E-state index in [-0.39, 0.29) is 5.71 Å². The largest absolute Gasteiger partial charge is 0.460 e. The fourth-order valence-electron chi connectivity index (χ4n) is 1.55. The molecule has 1 aromatic rings. The average Bonchev–Trinajstić information content (AvgIpc) is 2.57. The van der Waals surface area contributed by atoms with Gasteiger partial charge in [-0.15, -0.1) is 0 Å². The molecule has 1 rings (SSSR count). The zero-order valence-corrected chi connectivity index (χ0v) is 13.3. The van der Waals surface area contributed by atoms with Crippen LogP contribution in [-0.2, 0) is 4.79 Å². The molecule has 27 heavy (non-hydrogen) atoms. The molecule has 3 nitrogen and oxygen atoms in total. The summed E-state index contributed by atoms with van der Waals surface area (Å²) in [7, 11) is 0. The standard InChI is InChI=1S/C15H11F9N2O/c1-9(7-8-10-5-3-2-4-6-10)25-26-11(27)12(16,17)13(18,19)14(20,21)15(22,23)24/h2-8H,1H3,(H,26,27)/b8-7-,25-9?. The number of hydrogen-bond acceptors (Lipinski definition) is 2. The smallest absolute Gasteiger partial charge is 0.266 e. The van der Waals surface area contributed by atoms with Crippen molar-refractivity contribution in [3.05, 3.63) is 42.0 Å². The summed E-state index contributed by atoms with van der Waals surface area (Å²) in [6, 6.07) is 8.23. The van der Waals surface area contributed by atoms with Gasteiger partial charge in [-0.3, -0.25) is 4.79 Å². The topological polar surface area (TPSA) is 41.5 Å². The van der Waals surface area contributed by atoms with E-state index in [0.29, 0.717) is 5.56 Å². The quantitative estimate of drug-likeness (QED) is 0.417. The molecule has 0 aliphatic heterocycles. The maximum Gasteiger partial charge on any atom is 0.460 e. The van der Waals surface area contributed by atoms with Gasteiger partial charge in [-0.1, -0.05) is 36.4 Å². The van der Waals surface area contributed by atoms with E-state index in [0.717, 1.165) is 18.4 Å². The van der Waals surface area contributed by atoms with E-state index in [4.69, 9.17) is 0 Å². The molecule has 0 bridgehead atoms. The number of hydrazone groups is 1. The Morgan fingerprint density at radius 3 is 1.93 bits per heavy atom. The first-order valence-electron chi connectivity index (χ1n) is 6.92. The summed E-state index contributed by atoms with van der Waals surface area (Å²) in [5.74, 6) is -23.7. The van der Waals surface area contributed by atoms with E-state index < -0.39 is 29.9 Å². The summed E-state index contributed by atoms with van der Waals surface area (Å²) in [5.41, 5.74) is 1.24. The van der Waals surface area contributed by atoms with Gasteiger partial charge in [0, 0.05) is 0 Å². The Bertz CT molecular complexity index is 725. The molecular weight excluding hydrogens is 395 g/mol. The number of carbonyl (C=O) groups excluding carboxylic acids is 1. The molecule has 0 unspecified atom stereocenters. The van der Waals surface area contributed by atoms with E-state index in [1.54, 1.807) is 30.3 Å². The molecule has 1 aromatic carbocycles. The molecule has 0 spiro atoms. The van der Waals surface area contributed by atoms with Crippen molar-refractivity contribution >= 4 is 17.7 Å². The van der Waals surface area contributed by atoms with E-state index in [9.17, 15) is 44.3 Å². The molecule has 0 fully saturated rings. The van der Waals surface area contributed by atoms with Crippen LogP contribution in [0.2, 0.25) is 0 Å². The lowest BCUT2D eigenvalue weighted by atomic mass is 10.0. The van der Waals surface area contributed by atoms with Crippen molar-refractivity contribution in [1.82, 2.24) is 5.43 Å². The number of nitrogens with zero attached hydrogens (tertiary/aromatic N) is 1. The Kier molecular flexibility index (Phi) is 6.34. The van der Waals surface area contributed by atoms with Gasteiger partial charge in [0.2, 0.25) is 0 Å². The van der Waals surface area contributed by atoms with Crippen molar-refractivity contribution in [2.75, 3.05) is 0 Å². The second-order valence-electron chi connectivity index (χ2n) is 5.16. The maximum absolute atomic E-state index is 13.3. The van der Waals surface area contributed by atoms with Gasteiger partial charge in [-0.25, -0.2) is 5.43 Å². The molecule has 0 saturated heterocycles. The molecule has 0 heterocycles. The van der Waals surface area contributed by atoms with Crippen LogP contribution in [0, 0.1) is 0 Å². The molecule has 0 aliphatic carbocycles. The van der Waals surface area contributed by atoms with Crippen molar-refractivity contribution in [1.29, 1.82) is 0 Å². The highest BCUT2D eigenvalue weighted by Crippen LogP contribution is 2.53. The lowest BCUT2D eigenvalue weighted by Crippen LogP contribution is -2.64. The predicted molar refractivity (Wildman–Crippen MR) is 77.6 cm³/mol. The summed E-state index contributed by atoms with van der Waals surface area (Å²) in [6.45, 7) is 1.13. The Hall–Kier alpha value is -2.53. The number of halogens is 9. The van der Waals surface area contributed by atoms with Gasteiger partial charge < -0.3 is 0 Å². The molecule has 1 amide bonds. The van der Waals surface area contributed by atoms with Crippen LogP contribution in [0.3, 0.4) is 0 Å². The molecule has 12 heteroatoms. The van der Waals surface area contributed by atoms with Crippen LogP contribution in [0.1, 0.15) is 12.5 Å². The van der Waals surface area contributed by atoms with Gasteiger partial charge in [0.15, 0.2) is 0 Å². The first-order valence-corrected chi connectivity index (χ1v) is 6.92. The summed E-state index contributed by atoms with van der Waals surface area (Å²) in [5, 5.41) is 2.95. The van der Waals surface area contributed by atoms with Crippen molar-refractivity contribution in [3.63, 3.8) is 0 Å². The minimum atomic E-state index is -7.15. The second kappa shape index (κ2) is 7.61. The Morgan fingerprint density at radius 2 is 1.44 bits per heavy atom. The fourth-order valence-corrected chi connectivity index (χ4v) is 1.55. The van der Waals surface area contributed by atoms with Crippen LogP contribution in [0.25, 0.3) is 6.08 Å². The molecule has 0 saturated carbocycles. The van der Waals surface area contributed by atoms with Gasteiger partial charge in [0.25, 0.3) is 0 Å². The van der Waals surface area contributed by atoms with E-state index in [1.165, 1.54) is 6.08 Å². The number of carbonyl (C=O) groups is 1. The molecule has 1 N–H and O–H groups in total. The molecule has 0 aliphatic rings. The number of rotatable bonds is 6. The minimum absolute atomic E-state index is 0.228. The van der Waals surface area contributed by atoms with E-state index in [2.05, 4.69) is 5.10 Å². The van der Waals surface area contributed by atoms with Gasteiger partial charge in [-0.2, -0.15) is 44.6 Å². The van der Waals surface area contributed by atoms with E-state index in [1.807, 2.05) is 0 Å². The summed E-state index contributed by atoms with van der Waals surface area (Å²) in [4.78, 5) is 11.1. The fraction of sp³-hybridized carbons (Fsp3) is 0.333. The second-order valence-corrected chi connectivity index (χ2v) is 5.16. The highest BCUT2D eigenvalue weighted by atomic mass is 19.4. The monoisotopic (exact) mass is 406 g/mol. The SMILES string of the molecule is CC(/C=C\c1ccccc1)=NNC(=O)C(F)(F)C(F)(F)C(F)(F)C(F)(F)F. The first-order chi connectivity index (χ1) is 12.1. The Labute approximate surface area is 146 Å². The van der Waals surface area contributed by atoms with Crippen molar-refractivity contribution in [3.8, 4) is 0 Å². The van der Waals surface area contributed by atoms with Crippen molar-refractivity contribution in [2.24, 2.45) is 5.10 Å².